The van der Waals surface area contributed by atoms with Gasteiger partial charge in [0.2, 0.25) is 0 Å². The Labute approximate surface area is 117 Å². The second-order valence-electron chi connectivity index (χ2n) is 3.59. The minimum atomic E-state index is -0.914. The Kier molecular flexibility index (Phi) is 6.61. The molecule has 0 unspecified atom stereocenters. The Morgan fingerprint density at radius 1 is 1.20 bits per heavy atom. The van der Waals surface area contributed by atoms with Gasteiger partial charge in [-0.05, 0) is 12.5 Å². The summed E-state index contributed by atoms with van der Waals surface area (Å²) in [6.45, 7) is 5.36. The maximum absolute atomic E-state index is 11.8. The van der Waals surface area contributed by atoms with Gasteiger partial charge >= 0.3 is 12.1 Å². The summed E-state index contributed by atoms with van der Waals surface area (Å²) in [7, 11) is 0. The number of esters is 1. The van der Waals surface area contributed by atoms with Crippen molar-refractivity contribution in [1.82, 2.24) is 0 Å². The molecule has 0 amide bonds. The van der Waals surface area contributed by atoms with E-state index < -0.39 is 12.1 Å². The first-order chi connectivity index (χ1) is 9.69. The van der Waals surface area contributed by atoms with Crippen molar-refractivity contribution in [3.05, 3.63) is 54.8 Å². The van der Waals surface area contributed by atoms with E-state index in [-0.39, 0.29) is 18.8 Å². The maximum atomic E-state index is 11.8. The Morgan fingerprint density at radius 2 is 1.90 bits per heavy atom. The van der Waals surface area contributed by atoms with Gasteiger partial charge in [0.15, 0.2) is 0 Å². The number of ether oxygens (including phenoxy) is 3. The number of hydrogen-bond donors (Lipinski definition) is 0. The quantitative estimate of drug-likeness (QED) is 0.346. The third kappa shape index (κ3) is 4.97. The molecule has 0 atom stereocenters. The van der Waals surface area contributed by atoms with E-state index in [1.165, 1.54) is 6.08 Å². The number of carbonyl (C=O) groups excluding carboxylic acids is 2. The minimum Gasteiger partial charge on any atom is -0.462 e. The molecule has 0 N–H and O–H groups in total. The van der Waals surface area contributed by atoms with Crippen LogP contribution in [0.3, 0.4) is 0 Å². The van der Waals surface area contributed by atoms with E-state index in [1.807, 2.05) is 6.07 Å². The summed E-state index contributed by atoms with van der Waals surface area (Å²) in [6, 6.07) is 8.75. The van der Waals surface area contributed by atoms with Crippen LogP contribution in [0.2, 0.25) is 0 Å². The van der Waals surface area contributed by atoms with E-state index >= 15 is 0 Å². The molecular weight excluding hydrogens is 260 g/mol. The molecule has 0 aliphatic rings. The van der Waals surface area contributed by atoms with Gasteiger partial charge in [0.25, 0.3) is 0 Å². The average molecular weight is 276 g/mol. The summed E-state index contributed by atoms with van der Waals surface area (Å²) in [5.41, 5.74) is 0.727. The van der Waals surface area contributed by atoms with E-state index in [9.17, 15) is 9.59 Å². The molecule has 0 saturated heterocycles. The second-order valence-corrected chi connectivity index (χ2v) is 3.59. The van der Waals surface area contributed by atoms with E-state index in [2.05, 4.69) is 11.3 Å². The van der Waals surface area contributed by atoms with Crippen LogP contribution in [-0.4, -0.2) is 25.3 Å². The van der Waals surface area contributed by atoms with Gasteiger partial charge in [-0.2, -0.15) is 0 Å². The lowest BCUT2D eigenvalue weighted by Gasteiger charge is -2.07. The Balaban J connectivity index is 2.85. The van der Waals surface area contributed by atoms with Crippen LogP contribution >= 0.6 is 0 Å². The predicted molar refractivity (Wildman–Crippen MR) is 73.7 cm³/mol. The Bertz CT molecular complexity index is 490. The molecule has 0 radical (unpaired) electrons. The topological polar surface area (TPSA) is 61.8 Å². The lowest BCUT2D eigenvalue weighted by atomic mass is 10.1. The first-order valence-electron chi connectivity index (χ1n) is 6.06. The lowest BCUT2D eigenvalue weighted by molar-refractivity contribution is -0.136. The van der Waals surface area contributed by atoms with Crippen molar-refractivity contribution in [1.29, 1.82) is 0 Å². The van der Waals surface area contributed by atoms with Crippen molar-refractivity contribution in [2.75, 3.05) is 13.2 Å². The average Bonchev–Trinajstić information content (AvgIpc) is 2.46. The largest absolute Gasteiger partial charge is 0.513 e. The summed E-state index contributed by atoms with van der Waals surface area (Å²) < 4.78 is 14.3. The normalized spacial score (nSPS) is 10.6. The predicted octanol–water partition coefficient (Wildman–Crippen LogP) is 2.93. The first kappa shape index (κ1) is 15.5. The molecule has 20 heavy (non-hydrogen) atoms. The van der Waals surface area contributed by atoms with Crippen molar-refractivity contribution in [3.63, 3.8) is 0 Å². The fourth-order valence-corrected chi connectivity index (χ4v) is 1.33. The molecule has 0 bridgehead atoms. The van der Waals surface area contributed by atoms with Gasteiger partial charge < -0.3 is 14.2 Å². The van der Waals surface area contributed by atoms with Crippen LogP contribution in [0.5, 0.6) is 0 Å². The highest BCUT2D eigenvalue weighted by atomic mass is 16.7. The van der Waals surface area contributed by atoms with Crippen LogP contribution in [0.1, 0.15) is 12.5 Å². The third-order valence-corrected chi connectivity index (χ3v) is 2.17. The fraction of sp³-hybridized carbons (Fsp3) is 0.200. The zero-order valence-electron chi connectivity index (χ0n) is 11.2. The standard InChI is InChI=1S/C15H16O5/c1-3-10-19-15(17)20-11-13(14(16)18-4-2)12-8-6-5-7-9-12/h3,5-9,11H,1,4,10H2,2H3/b13-11-. The molecule has 5 heteroatoms. The van der Waals surface area contributed by atoms with E-state index in [0.29, 0.717) is 5.56 Å². The molecule has 0 aliphatic carbocycles. The number of rotatable bonds is 6. The summed E-state index contributed by atoms with van der Waals surface area (Å²) in [4.78, 5) is 23.1. The van der Waals surface area contributed by atoms with Crippen LogP contribution in [0.4, 0.5) is 4.79 Å². The molecule has 1 aromatic carbocycles. The van der Waals surface area contributed by atoms with Gasteiger partial charge in [0, 0.05) is 0 Å². The Hall–Kier alpha value is -2.56. The number of benzene rings is 1. The van der Waals surface area contributed by atoms with Crippen molar-refractivity contribution >= 4 is 17.7 Å². The fourth-order valence-electron chi connectivity index (χ4n) is 1.33. The van der Waals surface area contributed by atoms with Gasteiger partial charge in [-0.1, -0.05) is 43.0 Å². The van der Waals surface area contributed by atoms with Gasteiger partial charge in [-0.15, -0.1) is 0 Å². The van der Waals surface area contributed by atoms with Crippen molar-refractivity contribution in [3.8, 4) is 0 Å². The van der Waals surface area contributed by atoms with Crippen LogP contribution < -0.4 is 0 Å². The maximum Gasteiger partial charge on any atom is 0.513 e. The smallest absolute Gasteiger partial charge is 0.462 e. The Morgan fingerprint density at radius 3 is 2.50 bits per heavy atom. The van der Waals surface area contributed by atoms with Gasteiger partial charge in [-0.25, -0.2) is 9.59 Å². The molecular formula is C15H16O5. The van der Waals surface area contributed by atoms with Crippen LogP contribution in [0.25, 0.3) is 5.57 Å². The zero-order chi connectivity index (χ0) is 14.8. The molecule has 106 valence electrons. The van der Waals surface area contributed by atoms with E-state index in [1.54, 1.807) is 31.2 Å². The lowest BCUT2D eigenvalue weighted by Crippen LogP contribution is -2.09. The zero-order valence-corrected chi connectivity index (χ0v) is 11.2. The van der Waals surface area contributed by atoms with Gasteiger partial charge in [0.1, 0.15) is 18.4 Å². The van der Waals surface area contributed by atoms with Gasteiger partial charge in [-0.3, -0.25) is 0 Å². The molecule has 0 aliphatic heterocycles. The third-order valence-electron chi connectivity index (χ3n) is 2.17. The van der Waals surface area contributed by atoms with Crippen molar-refractivity contribution in [2.45, 2.75) is 6.92 Å². The number of hydrogen-bond acceptors (Lipinski definition) is 5. The molecule has 1 rings (SSSR count). The van der Waals surface area contributed by atoms with E-state index in [0.717, 1.165) is 6.26 Å². The highest BCUT2D eigenvalue weighted by Gasteiger charge is 2.14. The summed E-state index contributed by atoms with van der Waals surface area (Å²) in [5.74, 6) is -0.574. The molecule has 0 fully saturated rings. The minimum absolute atomic E-state index is 0.0345. The summed E-state index contributed by atoms with van der Waals surface area (Å²) in [5, 5.41) is 0. The molecule has 0 saturated carbocycles. The SMILES string of the molecule is C=CCOC(=O)O/C=C(\C(=O)OCC)c1ccccc1. The highest BCUT2D eigenvalue weighted by molar-refractivity contribution is 6.16. The molecule has 5 nitrogen and oxygen atoms in total. The van der Waals surface area contributed by atoms with Crippen LogP contribution in [-0.2, 0) is 19.0 Å². The molecule has 0 spiro atoms. The monoisotopic (exact) mass is 276 g/mol. The second kappa shape index (κ2) is 8.53. The van der Waals surface area contributed by atoms with Gasteiger partial charge in [0.05, 0.1) is 6.61 Å². The van der Waals surface area contributed by atoms with Crippen LogP contribution in [0.15, 0.2) is 49.2 Å². The van der Waals surface area contributed by atoms with E-state index in [4.69, 9.17) is 9.47 Å². The van der Waals surface area contributed by atoms with Crippen LogP contribution in [0, 0.1) is 0 Å². The summed E-state index contributed by atoms with van der Waals surface area (Å²) in [6.07, 6.45) is 1.52. The highest BCUT2D eigenvalue weighted by Crippen LogP contribution is 2.16. The molecule has 1 aromatic rings. The molecule has 0 aromatic heterocycles. The molecule has 0 heterocycles. The van der Waals surface area contributed by atoms with Crippen molar-refractivity contribution < 1.29 is 23.8 Å². The number of carbonyl (C=O) groups is 2. The first-order valence-corrected chi connectivity index (χ1v) is 6.06. The van der Waals surface area contributed by atoms with Crippen molar-refractivity contribution in [2.24, 2.45) is 0 Å². The summed E-state index contributed by atoms with van der Waals surface area (Å²) >= 11 is 0.